The summed E-state index contributed by atoms with van der Waals surface area (Å²) in [7, 11) is 0. The molecule has 0 aromatic heterocycles. The van der Waals surface area contributed by atoms with Crippen molar-refractivity contribution in [3.8, 4) is 0 Å². The van der Waals surface area contributed by atoms with Crippen LogP contribution in [0.25, 0.3) is 0 Å². The van der Waals surface area contributed by atoms with Gasteiger partial charge in [-0.05, 0) is 25.7 Å². The lowest BCUT2D eigenvalue weighted by atomic mass is 9.93. The average Bonchev–Trinajstić information content (AvgIpc) is 3.02. The fraction of sp³-hybridized carbons (Fsp3) is 0.909. The Hall–Kier alpha value is -0.770. The third kappa shape index (κ3) is 2.62. The number of carbonyl (C=O) groups excluding carboxylic acids is 1. The van der Waals surface area contributed by atoms with Gasteiger partial charge in [-0.25, -0.2) is 4.79 Å². The second kappa shape index (κ2) is 4.39. The van der Waals surface area contributed by atoms with E-state index in [9.17, 15) is 9.90 Å². The number of nitrogens with one attached hydrogen (secondary N) is 1. The average molecular weight is 212 g/mol. The first-order valence-corrected chi connectivity index (χ1v) is 5.94. The lowest BCUT2D eigenvalue weighted by Gasteiger charge is -2.35. The smallest absolute Gasteiger partial charge is 0.317 e. The van der Waals surface area contributed by atoms with Gasteiger partial charge in [-0.3, -0.25) is 0 Å². The highest BCUT2D eigenvalue weighted by molar-refractivity contribution is 5.75. The number of amides is 2. The number of aliphatic hydroxyl groups is 1. The third-order valence-corrected chi connectivity index (χ3v) is 3.41. The molecule has 2 unspecified atom stereocenters. The van der Waals surface area contributed by atoms with E-state index in [1.54, 1.807) is 0 Å². The van der Waals surface area contributed by atoms with Gasteiger partial charge in [-0.2, -0.15) is 0 Å². The van der Waals surface area contributed by atoms with E-state index in [0.29, 0.717) is 19.1 Å². The standard InChI is InChI=1S/C11H20N2O2/c1-2-8-7-13(6-5-10(8)14)11(15)12-9-3-4-9/h8-10,14H,2-7H2,1H3,(H,12,15). The third-order valence-electron chi connectivity index (χ3n) is 3.41. The van der Waals surface area contributed by atoms with Crippen LogP contribution in [0.5, 0.6) is 0 Å². The number of hydrogen-bond acceptors (Lipinski definition) is 2. The monoisotopic (exact) mass is 212 g/mol. The summed E-state index contributed by atoms with van der Waals surface area (Å²) >= 11 is 0. The van der Waals surface area contributed by atoms with Crippen molar-refractivity contribution in [1.29, 1.82) is 0 Å². The highest BCUT2D eigenvalue weighted by atomic mass is 16.3. The molecule has 1 aliphatic heterocycles. The molecule has 2 amide bonds. The van der Waals surface area contributed by atoms with E-state index >= 15 is 0 Å². The normalized spacial score (nSPS) is 31.5. The minimum absolute atomic E-state index is 0.0582. The Morgan fingerprint density at radius 3 is 2.80 bits per heavy atom. The second-order valence-corrected chi connectivity index (χ2v) is 4.69. The maximum Gasteiger partial charge on any atom is 0.317 e. The van der Waals surface area contributed by atoms with Crippen molar-refractivity contribution in [3.05, 3.63) is 0 Å². The molecule has 15 heavy (non-hydrogen) atoms. The molecule has 0 aromatic rings. The molecule has 1 aliphatic carbocycles. The number of urea groups is 1. The Balaban J connectivity index is 1.84. The van der Waals surface area contributed by atoms with Gasteiger partial charge in [-0.1, -0.05) is 6.92 Å². The molecule has 4 heteroatoms. The Labute approximate surface area is 90.6 Å². The summed E-state index contributed by atoms with van der Waals surface area (Å²) in [6.07, 6.45) is 3.68. The highest BCUT2D eigenvalue weighted by Crippen LogP contribution is 2.22. The van der Waals surface area contributed by atoms with Gasteiger partial charge in [0.05, 0.1) is 6.10 Å². The van der Waals surface area contributed by atoms with E-state index in [2.05, 4.69) is 12.2 Å². The zero-order valence-electron chi connectivity index (χ0n) is 9.28. The Bertz CT molecular complexity index is 241. The fourth-order valence-electron chi connectivity index (χ4n) is 2.10. The number of rotatable bonds is 2. The van der Waals surface area contributed by atoms with Crippen LogP contribution in [0.15, 0.2) is 0 Å². The molecule has 2 atom stereocenters. The maximum absolute atomic E-state index is 11.7. The Morgan fingerprint density at radius 1 is 1.47 bits per heavy atom. The summed E-state index contributed by atoms with van der Waals surface area (Å²) in [4.78, 5) is 13.6. The number of likely N-dealkylation sites (tertiary alicyclic amines) is 1. The highest BCUT2D eigenvalue weighted by Gasteiger charge is 2.31. The van der Waals surface area contributed by atoms with Crippen LogP contribution in [0.3, 0.4) is 0 Å². The van der Waals surface area contributed by atoms with Crippen LogP contribution in [-0.2, 0) is 0 Å². The molecule has 1 saturated heterocycles. The summed E-state index contributed by atoms with van der Waals surface area (Å²) in [6.45, 7) is 3.46. The molecule has 0 radical (unpaired) electrons. The molecule has 2 aliphatic rings. The van der Waals surface area contributed by atoms with Crippen LogP contribution in [-0.4, -0.2) is 41.3 Å². The maximum atomic E-state index is 11.7. The fourth-order valence-corrected chi connectivity index (χ4v) is 2.10. The molecule has 2 rings (SSSR count). The van der Waals surface area contributed by atoms with E-state index in [1.807, 2.05) is 4.90 Å². The predicted octanol–water partition coefficient (Wildman–Crippen LogP) is 0.951. The predicted molar refractivity (Wildman–Crippen MR) is 57.5 cm³/mol. The SMILES string of the molecule is CCC1CN(C(=O)NC2CC2)CCC1O. The topological polar surface area (TPSA) is 52.6 Å². The minimum Gasteiger partial charge on any atom is -0.393 e. The van der Waals surface area contributed by atoms with E-state index in [-0.39, 0.29) is 18.1 Å². The van der Waals surface area contributed by atoms with Crippen LogP contribution in [0, 0.1) is 5.92 Å². The summed E-state index contributed by atoms with van der Waals surface area (Å²) in [6, 6.07) is 0.479. The van der Waals surface area contributed by atoms with Crippen molar-refractivity contribution < 1.29 is 9.90 Å². The quantitative estimate of drug-likeness (QED) is 0.716. The van der Waals surface area contributed by atoms with Crippen molar-refractivity contribution in [2.24, 2.45) is 5.92 Å². The first-order valence-electron chi connectivity index (χ1n) is 5.94. The summed E-state index contributed by atoms with van der Waals surface area (Å²) < 4.78 is 0. The van der Waals surface area contributed by atoms with Gasteiger partial charge in [0.1, 0.15) is 0 Å². The van der Waals surface area contributed by atoms with Gasteiger partial charge in [0.15, 0.2) is 0 Å². The van der Waals surface area contributed by atoms with Crippen LogP contribution >= 0.6 is 0 Å². The zero-order chi connectivity index (χ0) is 10.8. The van der Waals surface area contributed by atoms with Gasteiger partial charge >= 0.3 is 6.03 Å². The van der Waals surface area contributed by atoms with Gasteiger partial charge in [0.2, 0.25) is 0 Å². The molecule has 2 N–H and O–H groups in total. The van der Waals surface area contributed by atoms with Crippen LogP contribution in [0.1, 0.15) is 32.6 Å². The first kappa shape index (κ1) is 10.7. The molecule has 0 aromatic carbocycles. The first-order chi connectivity index (χ1) is 7.20. The Morgan fingerprint density at radius 2 is 2.20 bits per heavy atom. The lowest BCUT2D eigenvalue weighted by Crippen LogP contribution is -2.49. The van der Waals surface area contributed by atoms with E-state index < -0.39 is 0 Å². The summed E-state index contributed by atoms with van der Waals surface area (Å²) in [5.74, 6) is 0.253. The Kier molecular flexibility index (Phi) is 3.14. The summed E-state index contributed by atoms with van der Waals surface area (Å²) in [5, 5.41) is 12.7. The second-order valence-electron chi connectivity index (χ2n) is 4.69. The van der Waals surface area contributed by atoms with E-state index in [1.165, 1.54) is 0 Å². The van der Waals surface area contributed by atoms with Crippen molar-refractivity contribution >= 4 is 6.03 Å². The molecule has 0 bridgehead atoms. The van der Waals surface area contributed by atoms with Crippen molar-refractivity contribution in [2.75, 3.05) is 13.1 Å². The molecule has 1 saturated carbocycles. The van der Waals surface area contributed by atoms with E-state index in [4.69, 9.17) is 0 Å². The number of aliphatic hydroxyl groups excluding tert-OH is 1. The van der Waals surface area contributed by atoms with Crippen LogP contribution in [0.4, 0.5) is 4.79 Å². The minimum atomic E-state index is -0.222. The number of hydrogen-bond donors (Lipinski definition) is 2. The van der Waals surface area contributed by atoms with Crippen LogP contribution in [0.2, 0.25) is 0 Å². The number of nitrogens with zero attached hydrogens (tertiary/aromatic N) is 1. The largest absolute Gasteiger partial charge is 0.393 e. The van der Waals surface area contributed by atoms with E-state index in [0.717, 1.165) is 25.7 Å². The van der Waals surface area contributed by atoms with Gasteiger partial charge in [0.25, 0.3) is 0 Å². The molecule has 4 nitrogen and oxygen atoms in total. The number of carbonyl (C=O) groups is 1. The molecule has 0 spiro atoms. The van der Waals surface area contributed by atoms with Gasteiger partial charge in [0, 0.05) is 25.0 Å². The van der Waals surface area contributed by atoms with Gasteiger partial charge in [-0.15, -0.1) is 0 Å². The van der Waals surface area contributed by atoms with Gasteiger partial charge < -0.3 is 15.3 Å². The van der Waals surface area contributed by atoms with Crippen molar-refractivity contribution in [3.63, 3.8) is 0 Å². The number of piperidine rings is 1. The van der Waals surface area contributed by atoms with Crippen LogP contribution < -0.4 is 5.32 Å². The molecule has 1 heterocycles. The summed E-state index contributed by atoms with van der Waals surface area (Å²) in [5.41, 5.74) is 0. The molecule has 2 fully saturated rings. The molecule has 86 valence electrons. The van der Waals surface area contributed by atoms with Crippen molar-refractivity contribution in [1.82, 2.24) is 10.2 Å². The molecular weight excluding hydrogens is 192 g/mol. The molecular formula is C11H20N2O2. The zero-order valence-corrected chi connectivity index (χ0v) is 9.28. The van der Waals surface area contributed by atoms with Crippen molar-refractivity contribution in [2.45, 2.75) is 44.8 Å². The lowest BCUT2D eigenvalue weighted by molar-refractivity contribution is 0.0381.